The van der Waals surface area contributed by atoms with E-state index in [1.165, 1.54) is 6.07 Å². The van der Waals surface area contributed by atoms with Gasteiger partial charge in [-0.25, -0.2) is 4.98 Å². The predicted molar refractivity (Wildman–Crippen MR) is 91.7 cm³/mol. The zero-order valence-corrected chi connectivity index (χ0v) is 13.0. The maximum absolute atomic E-state index is 10.9. The van der Waals surface area contributed by atoms with Gasteiger partial charge in [-0.05, 0) is 5.56 Å². The number of fused-ring (bicyclic) bond motifs is 1. The molecule has 0 aliphatic carbocycles. The summed E-state index contributed by atoms with van der Waals surface area (Å²) >= 11 is 0. The molecule has 118 valence electrons. The second kappa shape index (κ2) is 5.34. The molecule has 6 nitrogen and oxygen atoms in total. The summed E-state index contributed by atoms with van der Waals surface area (Å²) in [6, 6.07) is 16.6. The van der Waals surface area contributed by atoms with Crippen molar-refractivity contribution in [2.24, 2.45) is 7.05 Å². The van der Waals surface area contributed by atoms with Crippen LogP contribution >= 0.6 is 0 Å². The zero-order valence-electron chi connectivity index (χ0n) is 13.0. The van der Waals surface area contributed by atoms with Crippen LogP contribution in [-0.2, 0) is 7.05 Å². The van der Waals surface area contributed by atoms with Gasteiger partial charge in [0.2, 0.25) is 5.78 Å². The quantitative estimate of drug-likeness (QED) is 0.425. The molecule has 0 saturated carbocycles. The molecule has 2 aromatic carbocycles. The van der Waals surface area contributed by atoms with Crippen LogP contribution in [-0.4, -0.2) is 18.9 Å². The van der Waals surface area contributed by atoms with Gasteiger partial charge in [-0.1, -0.05) is 42.5 Å². The van der Waals surface area contributed by atoms with Gasteiger partial charge in [0.15, 0.2) is 0 Å². The van der Waals surface area contributed by atoms with E-state index in [0.717, 1.165) is 22.6 Å². The Hall–Kier alpha value is -3.41. The van der Waals surface area contributed by atoms with E-state index in [2.05, 4.69) is 17.1 Å². The van der Waals surface area contributed by atoms with Gasteiger partial charge in [-0.15, -0.1) is 0 Å². The minimum Gasteiger partial charge on any atom is -0.313 e. The smallest absolute Gasteiger partial charge is 0.270 e. The fourth-order valence-corrected chi connectivity index (χ4v) is 2.85. The zero-order chi connectivity index (χ0) is 16.7. The minimum absolute atomic E-state index is 0.0644. The highest BCUT2D eigenvalue weighted by atomic mass is 16.6. The lowest BCUT2D eigenvalue weighted by Crippen LogP contribution is -1.92. The Labute approximate surface area is 137 Å². The SMILES string of the molecule is Cn1c(-c2ccccc2)cn2cc(-c3cccc([N+](=O)[O-])c3)nc12. The van der Waals surface area contributed by atoms with Gasteiger partial charge in [0, 0.05) is 37.1 Å². The third-order valence-electron chi connectivity index (χ3n) is 4.06. The van der Waals surface area contributed by atoms with Crippen LogP contribution < -0.4 is 0 Å². The van der Waals surface area contributed by atoms with E-state index >= 15 is 0 Å². The number of nitro benzene ring substituents is 1. The highest BCUT2D eigenvalue weighted by Gasteiger charge is 2.14. The van der Waals surface area contributed by atoms with E-state index in [1.807, 2.05) is 52.7 Å². The Balaban J connectivity index is 1.81. The largest absolute Gasteiger partial charge is 0.313 e. The summed E-state index contributed by atoms with van der Waals surface area (Å²) in [7, 11) is 1.96. The molecule has 0 radical (unpaired) electrons. The van der Waals surface area contributed by atoms with E-state index in [1.54, 1.807) is 12.1 Å². The van der Waals surface area contributed by atoms with Gasteiger partial charge in [0.05, 0.1) is 16.3 Å². The standard InChI is InChI=1S/C18H14N4O2/c1-20-17(13-6-3-2-4-7-13)12-21-11-16(19-18(20)21)14-8-5-9-15(10-14)22(23)24/h2-12H,1H3. The summed E-state index contributed by atoms with van der Waals surface area (Å²) in [5, 5.41) is 10.9. The Kier molecular flexibility index (Phi) is 3.16. The number of hydrogen-bond acceptors (Lipinski definition) is 3. The molecule has 0 atom stereocenters. The third kappa shape index (κ3) is 2.25. The Morgan fingerprint density at radius 1 is 1.00 bits per heavy atom. The van der Waals surface area contributed by atoms with Crippen LogP contribution in [0.15, 0.2) is 67.0 Å². The number of rotatable bonds is 3. The van der Waals surface area contributed by atoms with Crippen molar-refractivity contribution in [2.45, 2.75) is 0 Å². The average molecular weight is 318 g/mol. The van der Waals surface area contributed by atoms with Crippen LogP contribution in [0.4, 0.5) is 5.69 Å². The van der Waals surface area contributed by atoms with Gasteiger partial charge in [-0.3, -0.25) is 14.5 Å². The monoisotopic (exact) mass is 318 g/mol. The summed E-state index contributed by atoms with van der Waals surface area (Å²) < 4.78 is 3.95. The normalized spacial score (nSPS) is 11.0. The maximum atomic E-state index is 10.9. The first kappa shape index (κ1) is 14.2. The van der Waals surface area contributed by atoms with Gasteiger partial charge < -0.3 is 4.57 Å². The molecule has 0 saturated heterocycles. The van der Waals surface area contributed by atoms with Crippen LogP contribution in [0.1, 0.15) is 0 Å². The molecule has 2 heterocycles. The van der Waals surface area contributed by atoms with Crippen molar-refractivity contribution in [3.05, 3.63) is 77.1 Å². The number of benzene rings is 2. The number of non-ortho nitro benzene ring substituents is 1. The lowest BCUT2D eigenvalue weighted by atomic mass is 10.1. The number of nitrogens with zero attached hydrogens (tertiary/aromatic N) is 4. The molecule has 6 heteroatoms. The second-order valence-electron chi connectivity index (χ2n) is 5.58. The molecular formula is C18H14N4O2. The molecule has 0 bridgehead atoms. The van der Waals surface area contributed by atoms with E-state index in [4.69, 9.17) is 0 Å². The fourth-order valence-electron chi connectivity index (χ4n) is 2.85. The maximum Gasteiger partial charge on any atom is 0.270 e. The van der Waals surface area contributed by atoms with Crippen molar-refractivity contribution >= 4 is 11.5 Å². The third-order valence-corrected chi connectivity index (χ3v) is 4.06. The van der Waals surface area contributed by atoms with E-state index in [-0.39, 0.29) is 5.69 Å². The molecule has 0 N–H and O–H groups in total. The van der Waals surface area contributed by atoms with Gasteiger partial charge in [0.1, 0.15) is 0 Å². The molecule has 0 unspecified atom stereocenters. The van der Waals surface area contributed by atoms with Crippen molar-refractivity contribution < 1.29 is 4.92 Å². The summed E-state index contributed by atoms with van der Waals surface area (Å²) in [4.78, 5) is 15.2. The van der Waals surface area contributed by atoms with Crippen LogP contribution in [0.2, 0.25) is 0 Å². The summed E-state index contributed by atoms with van der Waals surface area (Å²) in [5.41, 5.74) is 3.68. The Morgan fingerprint density at radius 3 is 2.46 bits per heavy atom. The fraction of sp³-hybridized carbons (Fsp3) is 0.0556. The van der Waals surface area contributed by atoms with Crippen molar-refractivity contribution in [2.75, 3.05) is 0 Å². The molecule has 0 fully saturated rings. The number of aromatic nitrogens is 3. The highest BCUT2D eigenvalue weighted by Crippen LogP contribution is 2.27. The number of hydrogen-bond donors (Lipinski definition) is 0. The number of imidazole rings is 2. The molecule has 4 aromatic rings. The number of nitro groups is 1. The summed E-state index contributed by atoms with van der Waals surface area (Å²) in [5.74, 6) is 0.787. The van der Waals surface area contributed by atoms with Crippen LogP contribution in [0.5, 0.6) is 0 Å². The second-order valence-corrected chi connectivity index (χ2v) is 5.58. The van der Waals surface area contributed by atoms with Crippen molar-refractivity contribution in [1.82, 2.24) is 14.0 Å². The summed E-state index contributed by atoms with van der Waals surface area (Å²) in [6.45, 7) is 0. The van der Waals surface area contributed by atoms with E-state index in [9.17, 15) is 10.1 Å². The highest BCUT2D eigenvalue weighted by molar-refractivity contribution is 5.68. The minimum atomic E-state index is -0.396. The van der Waals surface area contributed by atoms with Crippen LogP contribution in [0, 0.1) is 10.1 Å². The molecule has 0 aliphatic heterocycles. The molecule has 2 aromatic heterocycles. The molecule has 0 amide bonds. The molecular weight excluding hydrogens is 304 g/mol. The lowest BCUT2D eigenvalue weighted by Gasteiger charge is -2.02. The van der Waals surface area contributed by atoms with Crippen molar-refractivity contribution in [3.63, 3.8) is 0 Å². The molecule has 0 spiro atoms. The molecule has 4 rings (SSSR count). The average Bonchev–Trinajstić information content (AvgIpc) is 3.16. The predicted octanol–water partition coefficient (Wildman–Crippen LogP) is 3.92. The summed E-state index contributed by atoms with van der Waals surface area (Å²) in [6.07, 6.45) is 3.90. The van der Waals surface area contributed by atoms with Crippen molar-refractivity contribution in [1.29, 1.82) is 0 Å². The topological polar surface area (TPSA) is 65.4 Å². The van der Waals surface area contributed by atoms with Crippen LogP contribution in [0.25, 0.3) is 28.3 Å². The van der Waals surface area contributed by atoms with E-state index < -0.39 is 4.92 Å². The first-order valence-corrected chi connectivity index (χ1v) is 7.48. The Morgan fingerprint density at radius 2 is 1.75 bits per heavy atom. The van der Waals surface area contributed by atoms with Crippen molar-refractivity contribution in [3.8, 4) is 22.5 Å². The first-order valence-electron chi connectivity index (χ1n) is 7.48. The van der Waals surface area contributed by atoms with Gasteiger partial charge >= 0.3 is 0 Å². The Bertz CT molecular complexity index is 1050. The van der Waals surface area contributed by atoms with E-state index in [0.29, 0.717) is 5.69 Å². The first-order chi connectivity index (χ1) is 11.6. The number of aryl methyl sites for hydroxylation is 1. The van der Waals surface area contributed by atoms with Crippen LogP contribution in [0.3, 0.4) is 0 Å². The lowest BCUT2D eigenvalue weighted by molar-refractivity contribution is -0.384. The molecule has 0 aliphatic rings. The molecule has 24 heavy (non-hydrogen) atoms. The van der Waals surface area contributed by atoms with Gasteiger partial charge in [0.25, 0.3) is 5.69 Å². The van der Waals surface area contributed by atoms with Gasteiger partial charge in [-0.2, -0.15) is 0 Å².